The molecule has 3 aromatic carbocycles. The van der Waals surface area contributed by atoms with Crippen LogP contribution in [0.15, 0.2) is 80.4 Å². The summed E-state index contributed by atoms with van der Waals surface area (Å²) in [5, 5.41) is 4.34. The van der Waals surface area contributed by atoms with Crippen molar-refractivity contribution in [1.29, 1.82) is 0 Å². The van der Waals surface area contributed by atoms with Gasteiger partial charge in [-0.05, 0) is 68.6 Å². The lowest BCUT2D eigenvalue weighted by Gasteiger charge is -2.29. The molecule has 0 saturated heterocycles. The van der Waals surface area contributed by atoms with Gasteiger partial charge in [0.25, 0.3) is 0 Å². The summed E-state index contributed by atoms with van der Waals surface area (Å²) >= 11 is 19.5. The van der Waals surface area contributed by atoms with E-state index < -0.39 is 11.9 Å². The second kappa shape index (κ2) is 10.3. The number of dihydropyridines is 1. The van der Waals surface area contributed by atoms with Crippen molar-refractivity contribution >= 4 is 72.5 Å². The van der Waals surface area contributed by atoms with Gasteiger partial charge in [-0.25, -0.2) is 4.79 Å². The van der Waals surface area contributed by atoms with Crippen molar-refractivity contribution in [1.82, 2.24) is 5.32 Å². The van der Waals surface area contributed by atoms with Gasteiger partial charge in [-0.3, -0.25) is 4.79 Å². The highest BCUT2D eigenvalue weighted by Gasteiger charge is 2.43. The van der Waals surface area contributed by atoms with E-state index in [-0.39, 0.29) is 12.4 Å². The van der Waals surface area contributed by atoms with Crippen LogP contribution in [0.3, 0.4) is 0 Å². The van der Waals surface area contributed by atoms with Gasteiger partial charge in [0.2, 0.25) is 0 Å². The molecule has 5 rings (SSSR count). The molecule has 0 amide bonds. The monoisotopic (exact) mass is 661 g/mol. The normalized spacial score (nSPS) is 16.4. The number of rotatable bonds is 5. The molecule has 9 heteroatoms. The van der Waals surface area contributed by atoms with Crippen molar-refractivity contribution in [2.75, 3.05) is 7.11 Å². The van der Waals surface area contributed by atoms with Crippen LogP contribution in [0.5, 0.6) is 5.75 Å². The van der Waals surface area contributed by atoms with Gasteiger partial charge in [0.15, 0.2) is 5.78 Å². The Morgan fingerprint density at radius 3 is 2.35 bits per heavy atom. The van der Waals surface area contributed by atoms with E-state index in [1.165, 1.54) is 7.11 Å². The highest BCUT2D eigenvalue weighted by atomic mass is 79.9. The Morgan fingerprint density at radius 1 is 1.03 bits per heavy atom. The van der Waals surface area contributed by atoms with E-state index >= 15 is 0 Å². The molecule has 0 radical (unpaired) electrons. The predicted octanol–water partition coefficient (Wildman–Crippen LogP) is 7.84. The fourth-order valence-corrected chi connectivity index (χ4v) is 6.63. The Hall–Kier alpha value is -2.58. The van der Waals surface area contributed by atoms with Crippen molar-refractivity contribution in [2.45, 2.75) is 19.4 Å². The van der Waals surface area contributed by atoms with Crippen molar-refractivity contribution in [3.05, 3.63) is 113 Å². The van der Waals surface area contributed by atoms with Crippen LogP contribution in [-0.4, -0.2) is 18.9 Å². The van der Waals surface area contributed by atoms with E-state index in [1.807, 2.05) is 43.3 Å². The van der Waals surface area contributed by atoms with Gasteiger partial charge < -0.3 is 14.8 Å². The van der Waals surface area contributed by atoms with Crippen LogP contribution in [-0.2, 0) is 16.1 Å². The number of carbonyl (C=O) groups excluding carboxylic acids is 2. The molecule has 1 aliphatic carbocycles. The summed E-state index contributed by atoms with van der Waals surface area (Å²) in [4.78, 5) is 26.5. The Bertz CT molecular complexity index is 1520. The van der Waals surface area contributed by atoms with Crippen molar-refractivity contribution in [2.24, 2.45) is 0 Å². The lowest BCUT2D eigenvalue weighted by Crippen LogP contribution is -2.29. The summed E-state index contributed by atoms with van der Waals surface area (Å²) in [5.41, 5.74) is 5.14. The number of hydrogen-bond donors (Lipinski definition) is 1. The lowest BCUT2D eigenvalue weighted by atomic mass is 9.80. The second-order valence-electron chi connectivity index (χ2n) is 8.59. The third-order valence-corrected chi connectivity index (χ3v) is 8.16. The number of methoxy groups -OCH3 is 1. The number of fused-ring (bicyclic) bond motifs is 2. The molecule has 0 spiro atoms. The average molecular weight is 664 g/mol. The quantitative estimate of drug-likeness (QED) is 0.282. The third kappa shape index (κ3) is 4.63. The van der Waals surface area contributed by atoms with Crippen molar-refractivity contribution < 1.29 is 19.1 Å². The standard InChI is InChI=1S/C28H19Br2Cl2NO4/c1-13-22(28(35)36-2)23(24-25(33-13)17-5-3-4-6-18(17)26(24)34)15-9-19(29)27(20(30)10-15)37-12-14-7-8-16(31)11-21(14)32/h3-11,23,33H,12H2,1-2H3/t23-/m0/s1. The molecule has 2 aliphatic rings. The fourth-order valence-electron chi connectivity index (χ4n) is 4.72. The number of ketones is 1. The summed E-state index contributed by atoms with van der Waals surface area (Å²) in [6.07, 6.45) is 0. The molecule has 0 saturated carbocycles. The van der Waals surface area contributed by atoms with Crippen LogP contribution < -0.4 is 10.1 Å². The zero-order valence-corrected chi connectivity index (χ0v) is 24.3. The Labute approximate surface area is 240 Å². The summed E-state index contributed by atoms with van der Waals surface area (Å²) in [7, 11) is 1.33. The Morgan fingerprint density at radius 2 is 1.70 bits per heavy atom. The minimum absolute atomic E-state index is 0.123. The van der Waals surface area contributed by atoms with Crippen molar-refractivity contribution in [3.63, 3.8) is 0 Å². The van der Waals surface area contributed by atoms with Crippen molar-refractivity contribution in [3.8, 4) is 5.75 Å². The number of halogens is 4. The topological polar surface area (TPSA) is 64.6 Å². The van der Waals surface area contributed by atoms with Gasteiger partial charge in [0.1, 0.15) is 12.4 Å². The molecule has 1 heterocycles. The summed E-state index contributed by atoms with van der Waals surface area (Å²) in [5.74, 6) is -0.715. The molecule has 3 aromatic rings. The zero-order chi connectivity index (χ0) is 26.4. The van der Waals surface area contributed by atoms with Gasteiger partial charge in [0.05, 0.1) is 27.3 Å². The Balaban J connectivity index is 1.57. The maximum Gasteiger partial charge on any atom is 0.336 e. The summed E-state index contributed by atoms with van der Waals surface area (Å²) in [6, 6.07) is 16.4. The maximum absolute atomic E-state index is 13.6. The fraction of sp³-hybridized carbons (Fsp3) is 0.143. The number of benzene rings is 3. The number of esters is 1. The van der Waals surface area contributed by atoms with E-state index in [9.17, 15) is 9.59 Å². The number of carbonyl (C=O) groups is 2. The SMILES string of the molecule is COC(=O)C1=C(C)NC2=C(C(=O)c3ccccc32)[C@H]1c1cc(Br)c(OCc2ccc(Cl)cc2Cl)c(Br)c1. The molecule has 0 aromatic heterocycles. The molecule has 37 heavy (non-hydrogen) atoms. The maximum atomic E-state index is 13.6. The van der Waals surface area contributed by atoms with Gasteiger partial charge in [-0.2, -0.15) is 0 Å². The number of hydrogen-bond acceptors (Lipinski definition) is 5. The largest absolute Gasteiger partial charge is 0.486 e. The first kappa shape index (κ1) is 26.0. The Kier molecular flexibility index (Phi) is 7.24. The summed E-state index contributed by atoms with van der Waals surface area (Å²) < 4.78 is 12.5. The molecule has 0 unspecified atom stereocenters. The first-order valence-corrected chi connectivity index (χ1v) is 13.6. The first-order valence-electron chi connectivity index (χ1n) is 11.2. The van der Waals surface area contributed by atoms with Crippen LogP contribution in [0.4, 0.5) is 0 Å². The number of ether oxygens (including phenoxy) is 2. The van der Waals surface area contributed by atoms with Gasteiger partial charge in [-0.15, -0.1) is 0 Å². The average Bonchev–Trinajstić information content (AvgIpc) is 3.14. The van der Waals surface area contributed by atoms with Gasteiger partial charge in [-0.1, -0.05) is 53.5 Å². The predicted molar refractivity (Wildman–Crippen MR) is 151 cm³/mol. The van der Waals surface area contributed by atoms with Crippen LogP contribution in [0.25, 0.3) is 5.70 Å². The zero-order valence-electron chi connectivity index (χ0n) is 19.6. The molecule has 0 bridgehead atoms. The molecular weight excluding hydrogens is 645 g/mol. The first-order chi connectivity index (χ1) is 17.7. The molecular formula is C28H19Br2Cl2NO4. The number of nitrogens with one attached hydrogen (secondary N) is 1. The summed E-state index contributed by atoms with van der Waals surface area (Å²) in [6.45, 7) is 2.03. The van der Waals surface area contributed by atoms with E-state index in [0.717, 1.165) is 16.7 Å². The van der Waals surface area contributed by atoms with E-state index in [0.29, 0.717) is 52.8 Å². The number of allylic oxidation sites excluding steroid dienone is 2. The molecule has 1 aliphatic heterocycles. The second-order valence-corrected chi connectivity index (χ2v) is 11.1. The number of Topliss-reactive ketones (excluding diaryl/α,β-unsaturated/α-hetero) is 1. The highest BCUT2D eigenvalue weighted by molar-refractivity contribution is 9.11. The van der Waals surface area contributed by atoms with E-state index in [1.54, 1.807) is 18.2 Å². The molecule has 1 N–H and O–H groups in total. The molecule has 1 atom stereocenters. The minimum Gasteiger partial charge on any atom is -0.486 e. The molecule has 0 fully saturated rings. The van der Waals surface area contributed by atoms with Crippen LogP contribution in [0.1, 0.15) is 39.9 Å². The highest BCUT2D eigenvalue weighted by Crippen LogP contribution is 2.49. The van der Waals surface area contributed by atoms with Crippen LogP contribution in [0.2, 0.25) is 10.0 Å². The molecule has 5 nitrogen and oxygen atoms in total. The minimum atomic E-state index is -0.643. The van der Waals surface area contributed by atoms with Crippen LogP contribution >= 0.6 is 55.1 Å². The third-order valence-electron chi connectivity index (χ3n) is 6.40. The lowest BCUT2D eigenvalue weighted by molar-refractivity contribution is -0.136. The van der Waals surface area contributed by atoms with E-state index in [2.05, 4.69) is 37.2 Å². The van der Waals surface area contributed by atoms with E-state index in [4.69, 9.17) is 32.7 Å². The van der Waals surface area contributed by atoms with Gasteiger partial charge >= 0.3 is 5.97 Å². The smallest absolute Gasteiger partial charge is 0.336 e. The van der Waals surface area contributed by atoms with Gasteiger partial charge in [0, 0.05) is 43.9 Å². The van der Waals surface area contributed by atoms with Crippen LogP contribution in [0, 0.1) is 0 Å². The molecule has 188 valence electrons.